The minimum absolute atomic E-state index is 0.184. The molecule has 0 aliphatic carbocycles. The Kier molecular flexibility index (Phi) is 10.5. The van der Waals surface area contributed by atoms with E-state index in [-0.39, 0.29) is 5.91 Å². The second kappa shape index (κ2) is 10.9. The first-order chi connectivity index (χ1) is 7.74. The second-order valence-corrected chi connectivity index (χ2v) is 4.47. The summed E-state index contributed by atoms with van der Waals surface area (Å²) in [5, 5.41) is 3.02. The summed E-state index contributed by atoms with van der Waals surface area (Å²) in [6.45, 7) is 5.93. The van der Waals surface area contributed by atoms with E-state index in [1.165, 1.54) is 19.3 Å². The van der Waals surface area contributed by atoms with E-state index in [1.807, 2.05) is 0 Å². The molecule has 0 radical (unpaired) electrons. The molecule has 1 unspecified atom stereocenters. The number of unbranched alkanes of at least 4 members (excludes halogenated alkanes) is 2. The molecule has 0 aromatic rings. The average Bonchev–Trinajstić information content (AvgIpc) is 2.30. The Morgan fingerprint density at radius 1 is 1.25 bits per heavy atom. The molecule has 96 valence electrons. The third-order valence-corrected chi connectivity index (χ3v) is 2.99. The van der Waals surface area contributed by atoms with Gasteiger partial charge in [0.15, 0.2) is 0 Å². The second-order valence-electron chi connectivity index (χ2n) is 4.47. The normalized spacial score (nSPS) is 12.4. The van der Waals surface area contributed by atoms with Crippen molar-refractivity contribution in [3.05, 3.63) is 0 Å². The lowest BCUT2D eigenvalue weighted by atomic mass is 9.99. The largest absolute Gasteiger partial charge is 0.356 e. The first-order valence-corrected chi connectivity index (χ1v) is 6.71. The SMILES string of the molecule is CCCCC(CC)CNC(=O)CCCCN. The zero-order valence-corrected chi connectivity index (χ0v) is 10.9. The summed E-state index contributed by atoms with van der Waals surface area (Å²) in [5.74, 6) is 0.835. The van der Waals surface area contributed by atoms with E-state index in [0.29, 0.717) is 18.9 Å². The fraction of sp³-hybridized carbons (Fsp3) is 0.923. The summed E-state index contributed by atoms with van der Waals surface area (Å²) in [6.07, 6.45) is 7.37. The van der Waals surface area contributed by atoms with Crippen molar-refractivity contribution in [2.24, 2.45) is 11.7 Å². The van der Waals surface area contributed by atoms with E-state index in [2.05, 4.69) is 19.2 Å². The van der Waals surface area contributed by atoms with Crippen LogP contribution in [0.5, 0.6) is 0 Å². The van der Waals surface area contributed by atoms with Gasteiger partial charge in [-0.1, -0.05) is 33.1 Å². The molecule has 1 atom stereocenters. The van der Waals surface area contributed by atoms with Crippen molar-refractivity contribution in [2.75, 3.05) is 13.1 Å². The smallest absolute Gasteiger partial charge is 0.220 e. The minimum Gasteiger partial charge on any atom is -0.356 e. The summed E-state index contributed by atoms with van der Waals surface area (Å²) in [6, 6.07) is 0. The molecule has 0 bridgehead atoms. The Morgan fingerprint density at radius 2 is 2.00 bits per heavy atom. The van der Waals surface area contributed by atoms with Crippen LogP contribution in [-0.2, 0) is 4.79 Å². The van der Waals surface area contributed by atoms with Crippen molar-refractivity contribution in [1.29, 1.82) is 0 Å². The molecule has 1 amide bonds. The summed E-state index contributed by atoms with van der Waals surface area (Å²) < 4.78 is 0. The van der Waals surface area contributed by atoms with Crippen molar-refractivity contribution in [3.63, 3.8) is 0 Å². The summed E-state index contributed by atoms with van der Waals surface area (Å²) in [5.41, 5.74) is 5.38. The molecule has 0 saturated heterocycles. The van der Waals surface area contributed by atoms with Gasteiger partial charge in [-0.3, -0.25) is 4.79 Å². The number of rotatable bonds is 10. The van der Waals surface area contributed by atoms with Gasteiger partial charge in [0.1, 0.15) is 0 Å². The minimum atomic E-state index is 0.184. The molecule has 0 aliphatic rings. The fourth-order valence-electron chi connectivity index (χ4n) is 1.72. The van der Waals surface area contributed by atoms with Crippen LogP contribution in [0.25, 0.3) is 0 Å². The Morgan fingerprint density at radius 3 is 2.56 bits per heavy atom. The number of hydrogen-bond acceptors (Lipinski definition) is 2. The van der Waals surface area contributed by atoms with E-state index in [0.717, 1.165) is 25.8 Å². The van der Waals surface area contributed by atoms with E-state index in [9.17, 15) is 4.79 Å². The third kappa shape index (κ3) is 8.72. The molecule has 3 nitrogen and oxygen atoms in total. The lowest BCUT2D eigenvalue weighted by Gasteiger charge is -2.15. The lowest BCUT2D eigenvalue weighted by molar-refractivity contribution is -0.121. The molecular weight excluding hydrogens is 200 g/mol. The average molecular weight is 228 g/mol. The van der Waals surface area contributed by atoms with Gasteiger partial charge in [-0.2, -0.15) is 0 Å². The van der Waals surface area contributed by atoms with Crippen molar-refractivity contribution in [2.45, 2.75) is 58.8 Å². The number of hydrogen-bond donors (Lipinski definition) is 2. The highest BCUT2D eigenvalue weighted by atomic mass is 16.1. The van der Waals surface area contributed by atoms with Crippen molar-refractivity contribution in [3.8, 4) is 0 Å². The predicted molar refractivity (Wildman–Crippen MR) is 69.2 cm³/mol. The van der Waals surface area contributed by atoms with Crippen molar-refractivity contribution >= 4 is 5.91 Å². The molecule has 16 heavy (non-hydrogen) atoms. The van der Waals surface area contributed by atoms with Crippen LogP contribution in [0.4, 0.5) is 0 Å². The maximum Gasteiger partial charge on any atom is 0.220 e. The Bertz CT molecular complexity index is 171. The zero-order valence-electron chi connectivity index (χ0n) is 10.9. The number of amides is 1. The molecular formula is C13H28N2O. The van der Waals surface area contributed by atoms with E-state index in [4.69, 9.17) is 5.73 Å². The van der Waals surface area contributed by atoms with Crippen LogP contribution >= 0.6 is 0 Å². The van der Waals surface area contributed by atoms with Gasteiger partial charge in [0.25, 0.3) is 0 Å². The maximum atomic E-state index is 11.5. The van der Waals surface area contributed by atoms with Crippen LogP contribution in [0.2, 0.25) is 0 Å². The van der Waals surface area contributed by atoms with Crippen molar-refractivity contribution < 1.29 is 4.79 Å². The molecule has 3 heteroatoms. The van der Waals surface area contributed by atoms with E-state index >= 15 is 0 Å². The molecule has 0 spiro atoms. The number of nitrogens with two attached hydrogens (primary N) is 1. The maximum absolute atomic E-state index is 11.5. The molecule has 0 heterocycles. The van der Waals surface area contributed by atoms with Crippen LogP contribution in [0, 0.1) is 5.92 Å². The summed E-state index contributed by atoms with van der Waals surface area (Å²) in [4.78, 5) is 11.5. The number of carbonyl (C=O) groups is 1. The molecule has 0 fully saturated rings. The van der Waals surface area contributed by atoms with Gasteiger partial charge in [-0.15, -0.1) is 0 Å². The summed E-state index contributed by atoms with van der Waals surface area (Å²) in [7, 11) is 0. The highest BCUT2D eigenvalue weighted by molar-refractivity contribution is 5.75. The van der Waals surface area contributed by atoms with Gasteiger partial charge in [0.2, 0.25) is 5.91 Å². The standard InChI is InChI=1S/C13H28N2O/c1-3-5-8-12(4-2)11-15-13(16)9-6-7-10-14/h12H,3-11,14H2,1-2H3,(H,15,16). The highest BCUT2D eigenvalue weighted by Gasteiger charge is 2.07. The zero-order chi connectivity index (χ0) is 12.2. The topological polar surface area (TPSA) is 55.1 Å². The quantitative estimate of drug-likeness (QED) is 0.564. The lowest BCUT2D eigenvalue weighted by Crippen LogP contribution is -2.29. The molecule has 0 aromatic carbocycles. The Labute approximate surface area is 100 Å². The van der Waals surface area contributed by atoms with Gasteiger partial charge in [-0.25, -0.2) is 0 Å². The van der Waals surface area contributed by atoms with Crippen molar-refractivity contribution in [1.82, 2.24) is 5.32 Å². The van der Waals surface area contributed by atoms with Gasteiger partial charge < -0.3 is 11.1 Å². The molecule has 3 N–H and O–H groups in total. The van der Waals surface area contributed by atoms with Gasteiger partial charge in [-0.05, 0) is 31.7 Å². The van der Waals surface area contributed by atoms with E-state index in [1.54, 1.807) is 0 Å². The summed E-state index contributed by atoms with van der Waals surface area (Å²) >= 11 is 0. The van der Waals surface area contributed by atoms with Gasteiger partial charge in [0, 0.05) is 13.0 Å². The van der Waals surface area contributed by atoms with Crippen LogP contribution in [-0.4, -0.2) is 19.0 Å². The molecule has 0 rings (SSSR count). The van der Waals surface area contributed by atoms with Crippen LogP contribution in [0.3, 0.4) is 0 Å². The molecule has 0 aliphatic heterocycles. The monoisotopic (exact) mass is 228 g/mol. The molecule has 0 saturated carbocycles. The number of nitrogens with one attached hydrogen (secondary N) is 1. The first kappa shape index (κ1) is 15.4. The van der Waals surface area contributed by atoms with Crippen LogP contribution < -0.4 is 11.1 Å². The van der Waals surface area contributed by atoms with Gasteiger partial charge in [0.05, 0.1) is 0 Å². The predicted octanol–water partition coefficient (Wildman–Crippen LogP) is 2.45. The molecule has 0 aromatic heterocycles. The first-order valence-electron chi connectivity index (χ1n) is 6.71. The third-order valence-electron chi connectivity index (χ3n) is 2.99. The van der Waals surface area contributed by atoms with Crippen LogP contribution in [0.1, 0.15) is 58.8 Å². The number of carbonyl (C=O) groups excluding carboxylic acids is 1. The Hall–Kier alpha value is -0.570. The van der Waals surface area contributed by atoms with Crippen LogP contribution in [0.15, 0.2) is 0 Å². The highest BCUT2D eigenvalue weighted by Crippen LogP contribution is 2.11. The Balaban J connectivity index is 3.54. The fourth-order valence-corrected chi connectivity index (χ4v) is 1.72. The van der Waals surface area contributed by atoms with Gasteiger partial charge >= 0.3 is 0 Å². The van der Waals surface area contributed by atoms with E-state index < -0.39 is 0 Å².